The van der Waals surface area contributed by atoms with Gasteiger partial charge in [-0.2, -0.15) is 0 Å². The summed E-state index contributed by atoms with van der Waals surface area (Å²) < 4.78 is 11.3. The highest BCUT2D eigenvalue weighted by molar-refractivity contribution is 6.06. The molecule has 1 heterocycles. The van der Waals surface area contributed by atoms with Gasteiger partial charge in [-0.25, -0.2) is 4.98 Å². The van der Waals surface area contributed by atoms with E-state index >= 15 is 0 Å². The molecule has 3 aromatic carbocycles. The van der Waals surface area contributed by atoms with E-state index in [4.69, 9.17) is 9.15 Å². The van der Waals surface area contributed by atoms with Gasteiger partial charge in [-0.3, -0.25) is 14.9 Å². The molecule has 0 unspecified atom stereocenters. The van der Waals surface area contributed by atoms with Crippen LogP contribution >= 0.6 is 0 Å². The number of hydrogen-bond acceptors (Lipinski definition) is 6. The Morgan fingerprint density at radius 3 is 2.64 bits per heavy atom. The van der Waals surface area contributed by atoms with E-state index in [-0.39, 0.29) is 16.8 Å². The highest BCUT2D eigenvalue weighted by Gasteiger charge is 2.20. The van der Waals surface area contributed by atoms with E-state index in [1.54, 1.807) is 31.2 Å². The van der Waals surface area contributed by atoms with Gasteiger partial charge in [0.05, 0.1) is 17.7 Å². The van der Waals surface area contributed by atoms with E-state index in [1.807, 2.05) is 18.2 Å². The van der Waals surface area contributed by atoms with Crippen LogP contribution in [0.3, 0.4) is 0 Å². The Kier molecular flexibility index (Phi) is 5.83. The number of ether oxygens (including phenoxy) is 1. The van der Waals surface area contributed by atoms with Gasteiger partial charge in [-0.05, 0) is 54.8 Å². The number of amides is 1. The Bertz CT molecular complexity index is 1370. The molecule has 0 aliphatic rings. The SMILES string of the molecule is COc1ccc(-c2nc3cc(C(C)C)ccc3o2)cc1NC(=O)c1cccc([N+](=O)[O-])c1C. The zero-order valence-electron chi connectivity index (χ0n) is 18.7. The van der Waals surface area contributed by atoms with Crippen molar-refractivity contribution in [1.29, 1.82) is 0 Å². The lowest BCUT2D eigenvalue weighted by atomic mass is 10.0. The number of carbonyl (C=O) groups excluding carboxylic acids is 1. The largest absolute Gasteiger partial charge is 0.495 e. The topological polar surface area (TPSA) is 108 Å². The van der Waals surface area contributed by atoms with Gasteiger partial charge in [0.1, 0.15) is 11.3 Å². The number of rotatable bonds is 6. The highest BCUT2D eigenvalue weighted by Crippen LogP contribution is 2.33. The summed E-state index contributed by atoms with van der Waals surface area (Å²) in [5.41, 5.74) is 4.02. The van der Waals surface area contributed by atoms with Crippen molar-refractivity contribution < 1.29 is 18.9 Å². The predicted octanol–water partition coefficient (Wildman–Crippen LogP) is 6.10. The number of methoxy groups -OCH3 is 1. The molecule has 0 aliphatic carbocycles. The molecule has 168 valence electrons. The summed E-state index contributed by atoms with van der Waals surface area (Å²) in [6.45, 7) is 5.78. The van der Waals surface area contributed by atoms with Crippen molar-refractivity contribution in [2.75, 3.05) is 12.4 Å². The number of anilines is 1. The Hall–Kier alpha value is -4.20. The Morgan fingerprint density at radius 2 is 1.94 bits per heavy atom. The summed E-state index contributed by atoms with van der Waals surface area (Å²) in [5, 5.41) is 14.0. The number of carbonyl (C=O) groups is 1. The number of hydrogen-bond donors (Lipinski definition) is 1. The first kappa shape index (κ1) is 22.0. The number of nitro groups is 1. The Balaban J connectivity index is 1.69. The molecule has 4 aromatic rings. The van der Waals surface area contributed by atoms with Crippen LogP contribution in [0.4, 0.5) is 11.4 Å². The zero-order chi connectivity index (χ0) is 23.7. The summed E-state index contributed by atoms with van der Waals surface area (Å²) in [7, 11) is 1.50. The van der Waals surface area contributed by atoms with Crippen molar-refractivity contribution >= 4 is 28.4 Å². The van der Waals surface area contributed by atoms with Crippen LogP contribution in [0.15, 0.2) is 59.0 Å². The number of nitro benzene ring substituents is 1. The molecular formula is C25H23N3O5. The fourth-order valence-corrected chi connectivity index (χ4v) is 3.62. The van der Waals surface area contributed by atoms with Gasteiger partial charge in [0.25, 0.3) is 11.6 Å². The minimum absolute atomic E-state index is 0.115. The van der Waals surface area contributed by atoms with Crippen LogP contribution in [0.5, 0.6) is 5.75 Å². The molecule has 8 nitrogen and oxygen atoms in total. The van der Waals surface area contributed by atoms with Gasteiger partial charge in [-0.15, -0.1) is 0 Å². The van der Waals surface area contributed by atoms with Crippen molar-refractivity contribution in [1.82, 2.24) is 4.98 Å². The van der Waals surface area contributed by atoms with Crippen LogP contribution in [0.2, 0.25) is 0 Å². The third-order valence-corrected chi connectivity index (χ3v) is 5.52. The van der Waals surface area contributed by atoms with Crippen LogP contribution in [-0.2, 0) is 0 Å². The standard InChI is InChI=1S/C25H23N3O5/c1-14(2)16-8-11-23-20(12-16)27-25(33-23)17-9-10-22(32-4)19(13-17)26-24(29)18-6-5-7-21(15(18)3)28(30)31/h5-14H,1-4H3,(H,26,29). The van der Waals surface area contributed by atoms with Crippen LogP contribution in [0, 0.1) is 17.0 Å². The molecule has 0 bridgehead atoms. The Labute approximate surface area is 190 Å². The van der Waals surface area contributed by atoms with E-state index in [0.717, 1.165) is 11.1 Å². The lowest BCUT2D eigenvalue weighted by molar-refractivity contribution is -0.385. The fourth-order valence-electron chi connectivity index (χ4n) is 3.62. The first-order chi connectivity index (χ1) is 15.8. The molecule has 0 saturated carbocycles. The number of nitrogens with zero attached hydrogens (tertiary/aromatic N) is 2. The van der Waals surface area contributed by atoms with Crippen molar-refractivity contribution in [3.05, 3.63) is 81.4 Å². The molecular weight excluding hydrogens is 422 g/mol. The third-order valence-electron chi connectivity index (χ3n) is 5.52. The van der Waals surface area contributed by atoms with Crippen LogP contribution < -0.4 is 10.1 Å². The zero-order valence-corrected chi connectivity index (χ0v) is 18.7. The number of aromatic nitrogens is 1. The number of nitrogens with one attached hydrogen (secondary N) is 1. The molecule has 8 heteroatoms. The van der Waals surface area contributed by atoms with Crippen molar-refractivity contribution in [3.63, 3.8) is 0 Å². The summed E-state index contributed by atoms with van der Waals surface area (Å²) in [6, 6.07) is 15.5. The predicted molar refractivity (Wildman–Crippen MR) is 126 cm³/mol. The summed E-state index contributed by atoms with van der Waals surface area (Å²) >= 11 is 0. The summed E-state index contributed by atoms with van der Waals surface area (Å²) in [5.74, 6) is 0.740. The maximum absolute atomic E-state index is 12.9. The highest BCUT2D eigenvalue weighted by atomic mass is 16.6. The second-order valence-corrected chi connectivity index (χ2v) is 7.98. The number of oxazole rings is 1. The molecule has 1 aromatic heterocycles. The van der Waals surface area contributed by atoms with Gasteiger partial charge in [0, 0.05) is 22.8 Å². The molecule has 4 rings (SSSR count). The van der Waals surface area contributed by atoms with Gasteiger partial charge in [-0.1, -0.05) is 26.0 Å². The van der Waals surface area contributed by atoms with Crippen molar-refractivity contribution in [3.8, 4) is 17.2 Å². The normalized spacial score (nSPS) is 11.1. The monoisotopic (exact) mass is 445 g/mol. The van der Waals surface area contributed by atoms with Gasteiger partial charge in [0.15, 0.2) is 5.58 Å². The van der Waals surface area contributed by atoms with E-state index in [1.165, 1.54) is 19.2 Å². The quantitative estimate of drug-likeness (QED) is 0.284. The molecule has 0 spiro atoms. The molecule has 33 heavy (non-hydrogen) atoms. The maximum atomic E-state index is 12.9. The van der Waals surface area contributed by atoms with Crippen molar-refractivity contribution in [2.24, 2.45) is 0 Å². The van der Waals surface area contributed by atoms with E-state index < -0.39 is 10.8 Å². The Morgan fingerprint density at radius 1 is 1.15 bits per heavy atom. The van der Waals surface area contributed by atoms with Gasteiger partial charge >= 0.3 is 0 Å². The van der Waals surface area contributed by atoms with Crippen LogP contribution in [0.25, 0.3) is 22.6 Å². The van der Waals surface area contributed by atoms with Crippen LogP contribution in [0.1, 0.15) is 41.3 Å². The van der Waals surface area contributed by atoms with Gasteiger partial charge in [0.2, 0.25) is 5.89 Å². The minimum Gasteiger partial charge on any atom is -0.495 e. The average Bonchev–Trinajstić information content (AvgIpc) is 3.22. The lowest BCUT2D eigenvalue weighted by Gasteiger charge is -2.12. The van der Waals surface area contributed by atoms with E-state index in [2.05, 4.69) is 24.1 Å². The second kappa shape index (κ2) is 8.74. The summed E-state index contributed by atoms with van der Waals surface area (Å²) in [6.07, 6.45) is 0. The molecule has 0 saturated heterocycles. The van der Waals surface area contributed by atoms with Crippen molar-refractivity contribution in [2.45, 2.75) is 26.7 Å². The van der Waals surface area contributed by atoms with Gasteiger partial charge < -0.3 is 14.5 Å². The second-order valence-electron chi connectivity index (χ2n) is 7.98. The van der Waals surface area contributed by atoms with E-state index in [0.29, 0.717) is 34.4 Å². The van der Waals surface area contributed by atoms with Crippen LogP contribution in [-0.4, -0.2) is 22.9 Å². The maximum Gasteiger partial charge on any atom is 0.273 e. The first-order valence-corrected chi connectivity index (χ1v) is 10.4. The lowest BCUT2D eigenvalue weighted by Crippen LogP contribution is -2.14. The molecule has 0 fully saturated rings. The molecule has 0 radical (unpaired) electrons. The third kappa shape index (κ3) is 4.27. The average molecular weight is 445 g/mol. The first-order valence-electron chi connectivity index (χ1n) is 10.4. The fraction of sp³-hybridized carbons (Fsp3) is 0.200. The molecule has 0 aliphatic heterocycles. The molecule has 1 N–H and O–H groups in total. The number of benzene rings is 3. The summed E-state index contributed by atoms with van der Waals surface area (Å²) in [4.78, 5) is 28.3. The molecule has 0 atom stereocenters. The minimum atomic E-state index is -0.509. The molecule has 1 amide bonds. The smallest absolute Gasteiger partial charge is 0.273 e. The number of fused-ring (bicyclic) bond motifs is 1. The van der Waals surface area contributed by atoms with E-state index in [9.17, 15) is 14.9 Å².